The Morgan fingerprint density at radius 3 is 2.52 bits per heavy atom. The normalized spacial score (nSPS) is 14.0. The molecule has 1 saturated carbocycles. The molecule has 0 saturated heterocycles. The maximum absolute atomic E-state index is 12.1. The van der Waals surface area contributed by atoms with Gasteiger partial charge in [-0.25, -0.2) is 4.79 Å². The molecule has 2 rings (SSSR count). The van der Waals surface area contributed by atoms with Gasteiger partial charge in [-0.2, -0.15) is 0 Å². The maximum Gasteiger partial charge on any atom is 0.329 e. The molecule has 1 fully saturated rings. The highest BCUT2D eigenvalue weighted by molar-refractivity contribution is 6.42. The smallest absolute Gasteiger partial charge is 0.329 e. The summed E-state index contributed by atoms with van der Waals surface area (Å²) < 4.78 is 4.86. The van der Waals surface area contributed by atoms with Gasteiger partial charge in [0.05, 0.1) is 10.0 Å². The van der Waals surface area contributed by atoms with Gasteiger partial charge >= 0.3 is 5.97 Å². The molecule has 0 radical (unpaired) electrons. The van der Waals surface area contributed by atoms with Crippen LogP contribution in [0.5, 0.6) is 0 Å². The van der Waals surface area contributed by atoms with Crippen LogP contribution in [0.25, 0.3) is 0 Å². The third-order valence-corrected chi connectivity index (χ3v) is 3.84. The number of hydrogen-bond donors (Lipinski definition) is 1. The van der Waals surface area contributed by atoms with Crippen LogP contribution in [0.3, 0.4) is 0 Å². The van der Waals surface area contributed by atoms with E-state index in [9.17, 15) is 9.59 Å². The molecule has 1 N–H and O–H groups in total. The topological polar surface area (TPSA) is 66.8 Å². The number of carboxylic acids is 1. The predicted octanol–water partition coefficient (Wildman–Crippen LogP) is 2.59. The van der Waals surface area contributed by atoms with Crippen LogP contribution in [0.4, 0.5) is 0 Å². The van der Waals surface area contributed by atoms with Crippen molar-refractivity contribution in [1.29, 1.82) is 0 Å². The Balaban J connectivity index is 1.96. The summed E-state index contributed by atoms with van der Waals surface area (Å²) in [6.07, 6.45) is 1.90. The maximum atomic E-state index is 12.1. The lowest BCUT2D eigenvalue weighted by atomic mass is 10.2. The first-order chi connectivity index (χ1) is 9.97. The van der Waals surface area contributed by atoms with Gasteiger partial charge in [-0.1, -0.05) is 29.3 Å². The Labute approximate surface area is 132 Å². The van der Waals surface area contributed by atoms with E-state index in [0.717, 1.165) is 18.4 Å². The first-order valence-electron chi connectivity index (χ1n) is 6.50. The number of carbonyl (C=O) groups excluding carboxylic acids is 1. The van der Waals surface area contributed by atoms with Crippen molar-refractivity contribution in [2.24, 2.45) is 0 Å². The second kappa shape index (κ2) is 7.11. The van der Waals surface area contributed by atoms with Gasteiger partial charge in [-0.05, 0) is 30.5 Å². The highest BCUT2D eigenvalue weighted by Gasteiger charge is 2.32. The zero-order chi connectivity index (χ0) is 15.4. The summed E-state index contributed by atoms with van der Waals surface area (Å²) >= 11 is 11.8. The van der Waals surface area contributed by atoms with Crippen LogP contribution in [-0.2, 0) is 20.9 Å². The van der Waals surface area contributed by atoms with Gasteiger partial charge in [0, 0.05) is 12.6 Å². The zero-order valence-corrected chi connectivity index (χ0v) is 12.7. The molecule has 1 aromatic carbocycles. The highest BCUT2D eigenvalue weighted by Crippen LogP contribution is 2.30. The molecule has 0 heterocycles. The van der Waals surface area contributed by atoms with E-state index in [1.807, 2.05) is 6.07 Å². The lowest BCUT2D eigenvalue weighted by molar-refractivity contribution is -0.146. The van der Waals surface area contributed by atoms with Crippen molar-refractivity contribution >= 4 is 35.1 Å². The summed E-state index contributed by atoms with van der Waals surface area (Å²) in [5.74, 6) is -1.31. The molecule has 0 unspecified atom stereocenters. The first-order valence-corrected chi connectivity index (χ1v) is 7.26. The zero-order valence-electron chi connectivity index (χ0n) is 11.2. The van der Waals surface area contributed by atoms with Crippen LogP contribution in [0.15, 0.2) is 18.2 Å². The largest absolute Gasteiger partial charge is 0.480 e. The van der Waals surface area contributed by atoms with Crippen LogP contribution in [-0.4, -0.2) is 41.1 Å². The van der Waals surface area contributed by atoms with Crippen LogP contribution in [0, 0.1) is 0 Å². The van der Waals surface area contributed by atoms with Gasteiger partial charge in [0.1, 0.15) is 13.2 Å². The number of hydrogen-bond acceptors (Lipinski definition) is 3. The monoisotopic (exact) mass is 331 g/mol. The van der Waals surface area contributed by atoms with Crippen molar-refractivity contribution in [1.82, 2.24) is 4.90 Å². The molecule has 0 spiro atoms. The average molecular weight is 332 g/mol. The third-order valence-electron chi connectivity index (χ3n) is 3.10. The molecule has 0 aromatic heterocycles. The molecule has 1 amide bonds. The molecule has 1 aliphatic carbocycles. The molecule has 0 aliphatic heterocycles. The Morgan fingerprint density at radius 2 is 1.95 bits per heavy atom. The fraction of sp³-hybridized carbons (Fsp3) is 0.429. The number of aliphatic carboxylic acids is 1. The Morgan fingerprint density at radius 1 is 1.24 bits per heavy atom. The minimum absolute atomic E-state index is 0.195. The van der Waals surface area contributed by atoms with Crippen molar-refractivity contribution in [3.8, 4) is 0 Å². The molecule has 21 heavy (non-hydrogen) atoms. The van der Waals surface area contributed by atoms with Gasteiger partial charge in [0.2, 0.25) is 5.91 Å². The quantitative estimate of drug-likeness (QED) is 0.833. The number of benzene rings is 1. The summed E-state index contributed by atoms with van der Waals surface area (Å²) in [7, 11) is 0. The van der Waals surface area contributed by atoms with E-state index >= 15 is 0 Å². The fourth-order valence-electron chi connectivity index (χ4n) is 1.95. The molecule has 0 atom stereocenters. The molecular formula is C14H15Cl2NO4. The van der Waals surface area contributed by atoms with E-state index < -0.39 is 12.6 Å². The summed E-state index contributed by atoms with van der Waals surface area (Å²) in [6.45, 7) is -0.294. The highest BCUT2D eigenvalue weighted by atomic mass is 35.5. The van der Waals surface area contributed by atoms with Gasteiger partial charge in [0.15, 0.2) is 0 Å². The van der Waals surface area contributed by atoms with Gasteiger partial charge in [-0.3, -0.25) is 4.79 Å². The van der Waals surface area contributed by atoms with E-state index in [4.69, 9.17) is 33.0 Å². The van der Waals surface area contributed by atoms with Crippen molar-refractivity contribution in [2.45, 2.75) is 25.4 Å². The first kappa shape index (κ1) is 16.1. The number of ether oxygens (including phenoxy) is 1. The van der Waals surface area contributed by atoms with E-state index in [-0.39, 0.29) is 18.6 Å². The van der Waals surface area contributed by atoms with E-state index in [2.05, 4.69) is 0 Å². The summed E-state index contributed by atoms with van der Waals surface area (Å²) in [5.41, 5.74) is 0.878. The number of carboxylic acid groups (broad SMARTS) is 1. The predicted molar refractivity (Wildman–Crippen MR) is 78.5 cm³/mol. The number of rotatable bonds is 7. The van der Waals surface area contributed by atoms with E-state index in [1.54, 1.807) is 17.0 Å². The SMILES string of the molecule is O=C(O)COCC(=O)N(Cc1ccc(Cl)c(Cl)c1)C1CC1. The second-order valence-corrected chi connectivity index (χ2v) is 5.70. The van der Waals surface area contributed by atoms with Crippen LogP contribution in [0.2, 0.25) is 10.0 Å². The van der Waals surface area contributed by atoms with Crippen molar-refractivity contribution in [3.63, 3.8) is 0 Å². The lowest BCUT2D eigenvalue weighted by Gasteiger charge is -2.22. The molecule has 1 aromatic rings. The minimum Gasteiger partial charge on any atom is -0.480 e. The third kappa shape index (κ3) is 4.88. The van der Waals surface area contributed by atoms with Crippen molar-refractivity contribution < 1.29 is 19.4 Å². The molecule has 114 valence electrons. The number of carbonyl (C=O) groups is 2. The molecule has 0 bridgehead atoms. The van der Waals surface area contributed by atoms with Crippen LogP contribution in [0.1, 0.15) is 18.4 Å². The molecule has 5 nitrogen and oxygen atoms in total. The van der Waals surface area contributed by atoms with Gasteiger partial charge < -0.3 is 14.7 Å². The van der Waals surface area contributed by atoms with Crippen molar-refractivity contribution in [2.75, 3.05) is 13.2 Å². The number of amides is 1. The Kier molecular flexibility index (Phi) is 5.45. The van der Waals surface area contributed by atoms with Crippen LogP contribution >= 0.6 is 23.2 Å². The molecule has 7 heteroatoms. The summed E-state index contributed by atoms with van der Waals surface area (Å²) in [5, 5.41) is 9.41. The Bertz CT molecular complexity index is 546. The number of halogens is 2. The second-order valence-electron chi connectivity index (χ2n) is 4.89. The molecule has 1 aliphatic rings. The summed E-state index contributed by atoms with van der Waals surface area (Å²) in [6, 6.07) is 5.43. The number of nitrogens with zero attached hydrogens (tertiary/aromatic N) is 1. The van der Waals surface area contributed by atoms with Gasteiger partial charge in [-0.15, -0.1) is 0 Å². The van der Waals surface area contributed by atoms with Gasteiger partial charge in [0.25, 0.3) is 0 Å². The average Bonchev–Trinajstić information content (AvgIpc) is 3.23. The fourth-order valence-corrected chi connectivity index (χ4v) is 2.27. The van der Waals surface area contributed by atoms with Crippen LogP contribution < -0.4 is 0 Å². The Hall–Kier alpha value is -1.30. The van der Waals surface area contributed by atoms with E-state index in [0.29, 0.717) is 16.6 Å². The minimum atomic E-state index is -1.09. The summed E-state index contributed by atoms with van der Waals surface area (Å²) in [4.78, 5) is 24.2. The lowest BCUT2D eigenvalue weighted by Crippen LogP contribution is -2.35. The standard InChI is InChI=1S/C14H15Cl2NO4/c15-11-4-1-9(5-12(11)16)6-17(10-2-3-10)13(18)7-21-8-14(19)20/h1,4-5,10H,2-3,6-8H2,(H,19,20). The van der Waals surface area contributed by atoms with Crippen molar-refractivity contribution in [3.05, 3.63) is 33.8 Å². The van der Waals surface area contributed by atoms with E-state index in [1.165, 1.54) is 0 Å². The molecular weight excluding hydrogens is 317 g/mol.